The van der Waals surface area contributed by atoms with Gasteiger partial charge in [0, 0.05) is 23.5 Å². The fourth-order valence-corrected chi connectivity index (χ4v) is 3.55. The van der Waals surface area contributed by atoms with E-state index in [4.69, 9.17) is 11.5 Å². The highest BCUT2D eigenvalue weighted by Gasteiger charge is 2.28. The highest BCUT2D eigenvalue weighted by atomic mass is 16.4. The van der Waals surface area contributed by atoms with Gasteiger partial charge in [-0.05, 0) is 37.9 Å². The molecule has 1 aromatic carbocycles. The van der Waals surface area contributed by atoms with Crippen molar-refractivity contribution in [3.05, 3.63) is 36.0 Å². The second-order valence-electron chi connectivity index (χ2n) is 8.36. The zero-order valence-electron chi connectivity index (χ0n) is 19.6. The third kappa shape index (κ3) is 8.35. The average molecular weight is 491 g/mol. The number of hydrogen-bond donors (Lipinski definition) is 8. The minimum atomic E-state index is -1.34. The Morgan fingerprint density at radius 2 is 1.80 bits per heavy atom. The number of aliphatic carboxylic acids is 1. The van der Waals surface area contributed by atoms with Gasteiger partial charge >= 0.3 is 5.97 Å². The molecule has 0 fully saturated rings. The molecule has 12 nitrogen and oxygen atoms in total. The van der Waals surface area contributed by atoms with Gasteiger partial charge in [-0.2, -0.15) is 0 Å². The Balaban J connectivity index is 1.91. The summed E-state index contributed by atoms with van der Waals surface area (Å²) in [6.07, 6.45) is 2.17. The predicted molar refractivity (Wildman–Crippen MR) is 129 cm³/mol. The van der Waals surface area contributed by atoms with Crippen LogP contribution < -0.4 is 27.4 Å². The number of carboxylic acid groups (broad SMARTS) is 1. The van der Waals surface area contributed by atoms with E-state index in [9.17, 15) is 29.4 Å². The molecule has 2 rings (SSSR count). The largest absolute Gasteiger partial charge is 0.480 e. The van der Waals surface area contributed by atoms with Crippen LogP contribution >= 0.6 is 0 Å². The third-order valence-corrected chi connectivity index (χ3v) is 5.52. The fourth-order valence-electron chi connectivity index (χ4n) is 3.55. The lowest BCUT2D eigenvalue weighted by molar-refractivity contribution is -0.141. The van der Waals surface area contributed by atoms with E-state index in [2.05, 4.69) is 20.9 Å². The van der Waals surface area contributed by atoms with Gasteiger partial charge in [0.1, 0.15) is 12.1 Å². The number of aliphatic hydroxyl groups is 1. The summed E-state index contributed by atoms with van der Waals surface area (Å²) in [5.74, 6) is -3.38. The first-order valence-corrected chi connectivity index (χ1v) is 11.4. The molecule has 0 saturated heterocycles. The van der Waals surface area contributed by atoms with Crippen molar-refractivity contribution in [1.29, 1.82) is 0 Å². The quantitative estimate of drug-likeness (QED) is 0.149. The van der Waals surface area contributed by atoms with Crippen molar-refractivity contribution >= 4 is 34.6 Å². The summed E-state index contributed by atoms with van der Waals surface area (Å²) in [6, 6.07) is 3.94. The Morgan fingerprint density at radius 3 is 2.46 bits per heavy atom. The van der Waals surface area contributed by atoms with E-state index in [1.807, 2.05) is 24.3 Å². The molecule has 0 aliphatic rings. The molecule has 0 aliphatic carbocycles. The third-order valence-electron chi connectivity index (χ3n) is 5.52. The number of unbranched alkanes of at least 4 members (excludes halogenated alkanes) is 1. The number of aromatic nitrogens is 1. The van der Waals surface area contributed by atoms with Crippen molar-refractivity contribution in [1.82, 2.24) is 20.9 Å². The van der Waals surface area contributed by atoms with Crippen LogP contribution in [0.3, 0.4) is 0 Å². The van der Waals surface area contributed by atoms with Crippen LogP contribution in [0.25, 0.3) is 10.9 Å². The van der Waals surface area contributed by atoms with Crippen LogP contribution in [0.4, 0.5) is 0 Å². The number of carboxylic acids is 1. The molecule has 0 spiro atoms. The second kappa shape index (κ2) is 13.4. The maximum absolute atomic E-state index is 12.5. The first-order chi connectivity index (χ1) is 16.6. The van der Waals surface area contributed by atoms with Crippen molar-refractivity contribution < 1.29 is 29.4 Å². The maximum Gasteiger partial charge on any atom is 0.326 e. The first kappa shape index (κ1) is 27.8. The highest BCUT2D eigenvalue weighted by molar-refractivity contribution is 5.93. The van der Waals surface area contributed by atoms with Gasteiger partial charge in [0.05, 0.1) is 18.7 Å². The maximum atomic E-state index is 12.5. The minimum Gasteiger partial charge on any atom is -0.480 e. The molecule has 0 bridgehead atoms. The van der Waals surface area contributed by atoms with E-state index >= 15 is 0 Å². The number of amides is 3. The Bertz CT molecular complexity index is 1020. The van der Waals surface area contributed by atoms with Gasteiger partial charge < -0.3 is 42.6 Å². The lowest BCUT2D eigenvalue weighted by Gasteiger charge is -2.23. The number of H-pyrrole nitrogens is 1. The molecule has 35 heavy (non-hydrogen) atoms. The standard InChI is InChI=1S/C23H34N6O6/c1-13(30)20(29-21(32)16(25)7-4-5-9-24)22(33)27-12-19(31)28-18(23(34)35)10-14-11-26-17-8-3-2-6-15(14)17/h2-3,6,8,11,13,16,18,20,26,30H,4-5,7,9-10,12,24-25H2,1H3,(H,27,33)(H,28,31)(H,29,32)(H,34,35). The number of para-hydroxylation sites is 1. The zero-order valence-corrected chi connectivity index (χ0v) is 19.6. The summed E-state index contributed by atoms with van der Waals surface area (Å²) in [6.45, 7) is 1.24. The highest BCUT2D eigenvalue weighted by Crippen LogP contribution is 2.19. The zero-order chi connectivity index (χ0) is 26.0. The molecule has 0 saturated carbocycles. The first-order valence-electron chi connectivity index (χ1n) is 11.4. The van der Waals surface area contributed by atoms with E-state index < -0.39 is 54.5 Å². The number of aromatic amines is 1. The lowest BCUT2D eigenvalue weighted by Crippen LogP contribution is -2.57. The number of fused-ring (bicyclic) bond motifs is 1. The van der Waals surface area contributed by atoms with Gasteiger partial charge in [0.2, 0.25) is 17.7 Å². The Morgan fingerprint density at radius 1 is 1.09 bits per heavy atom. The van der Waals surface area contributed by atoms with Crippen molar-refractivity contribution in [3.63, 3.8) is 0 Å². The van der Waals surface area contributed by atoms with E-state index in [1.54, 1.807) is 6.20 Å². The molecule has 1 heterocycles. The number of nitrogens with one attached hydrogen (secondary N) is 4. The Kier molecular flexibility index (Phi) is 10.6. The number of carbonyl (C=O) groups is 4. The van der Waals surface area contributed by atoms with Gasteiger partial charge in [0.15, 0.2) is 0 Å². The molecular weight excluding hydrogens is 456 g/mol. The van der Waals surface area contributed by atoms with Crippen LogP contribution in [0.1, 0.15) is 31.7 Å². The smallest absolute Gasteiger partial charge is 0.326 e. The summed E-state index contributed by atoms with van der Waals surface area (Å²) >= 11 is 0. The number of aliphatic hydroxyl groups excluding tert-OH is 1. The molecule has 0 radical (unpaired) electrons. The molecule has 0 aliphatic heterocycles. The van der Waals surface area contributed by atoms with Crippen LogP contribution in [0.2, 0.25) is 0 Å². The van der Waals surface area contributed by atoms with Crippen LogP contribution in [0.15, 0.2) is 30.5 Å². The van der Waals surface area contributed by atoms with Crippen LogP contribution in [0, 0.1) is 0 Å². The van der Waals surface area contributed by atoms with Gasteiger partial charge in [-0.1, -0.05) is 24.6 Å². The monoisotopic (exact) mass is 490 g/mol. The van der Waals surface area contributed by atoms with Crippen LogP contribution in [-0.2, 0) is 25.6 Å². The topological polar surface area (TPSA) is 213 Å². The SMILES string of the molecule is CC(O)C(NC(=O)C(N)CCCCN)C(=O)NCC(=O)NC(Cc1c[nH]c2ccccc12)C(=O)O. The van der Waals surface area contributed by atoms with Crippen LogP contribution in [0.5, 0.6) is 0 Å². The molecule has 10 N–H and O–H groups in total. The average Bonchev–Trinajstić information content (AvgIpc) is 3.23. The van der Waals surface area contributed by atoms with E-state index in [-0.39, 0.29) is 6.42 Å². The Labute approximate surface area is 202 Å². The number of benzene rings is 1. The van der Waals surface area contributed by atoms with Crippen molar-refractivity contribution in [2.45, 2.75) is 56.8 Å². The van der Waals surface area contributed by atoms with E-state index in [0.717, 1.165) is 16.5 Å². The van der Waals surface area contributed by atoms with Crippen molar-refractivity contribution in [2.24, 2.45) is 11.5 Å². The second-order valence-corrected chi connectivity index (χ2v) is 8.36. The molecular formula is C23H34N6O6. The predicted octanol–water partition coefficient (Wildman–Crippen LogP) is -1.28. The van der Waals surface area contributed by atoms with Gasteiger partial charge in [-0.15, -0.1) is 0 Å². The summed E-state index contributed by atoms with van der Waals surface area (Å²) in [5.41, 5.74) is 12.8. The minimum absolute atomic E-state index is 0.0352. The summed E-state index contributed by atoms with van der Waals surface area (Å²) < 4.78 is 0. The molecule has 1 aromatic heterocycles. The summed E-state index contributed by atoms with van der Waals surface area (Å²) in [7, 11) is 0. The van der Waals surface area contributed by atoms with Gasteiger partial charge in [-0.25, -0.2) is 4.79 Å². The molecule has 12 heteroatoms. The molecule has 192 valence electrons. The lowest BCUT2D eigenvalue weighted by atomic mass is 10.0. The van der Waals surface area contributed by atoms with E-state index in [0.29, 0.717) is 25.8 Å². The molecule has 2 aromatic rings. The van der Waals surface area contributed by atoms with Crippen LogP contribution in [-0.4, -0.2) is 76.2 Å². The number of hydrogen-bond acceptors (Lipinski definition) is 7. The fraction of sp³-hybridized carbons (Fsp3) is 0.478. The van der Waals surface area contributed by atoms with E-state index in [1.165, 1.54) is 6.92 Å². The molecule has 4 atom stereocenters. The van der Waals surface area contributed by atoms with Gasteiger partial charge in [-0.3, -0.25) is 14.4 Å². The number of carbonyl (C=O) groups excluding carboxylic acids is 3. The normalized spacial score (nSPS) is 14.5. The number of rotatable bonds is 14. The molecule has 4 unspecified atom stereocenters. The number of nitrogens with two attached hydrogens (primary N) is 2. The van der Waals surface area contributed by atoms with Crippen molar-refractivity contribution in [3.8, 4) is 0 Å². The summed E-state index contributed by atoms with van der Waals surface area (Å²) in [5, 5.41) is 27.4. The van der Waals surface area contributed by atoms with Crippen molar-refractivity contribution in [2.75, 3.05) is 13.1 Å². The summed E-state index contributed by atoms with van der Waals surface area (Å²) in [4.78, 5) is 51.8. The Hall–Kier alpha value is -3.48. The molecule has 3 amide bonds. The van der Waals surface area contributed by atoms with Gasteiger partial charge in [0.25, 0.3) is 0 Å².